The summed E-state index contributed by atoms with van der Waals surface area (Å²) in [4.78, 5) is 0. The first-order valence-electron chi connectivity index (χ1n) is 8.65. The summed E-state index contributed by atoms with van der Waals surface area (Å²) < 4.78 is 1.31. The van der Waals surface area contributed by atoms with Crippen molar-refractivity contribution in [1.82, 2.24) is 0 Å². The van der Waals surface area contributed by atoms with Gasteiger partial charge in [-0.05, 0) is 19.3 Å². The van der Waals surface area contributed by atoms with Gasteiger partial charge in [0.2, 0.25) is 0 Å². The van der Waals surface area contributed by atoms with Crippen LogP contribution < -0.4 is 4.70 Å². The van der Waals surface area contributed by atoms with Crippen LogP contribution in [0, 0.1) is 0 Å². The Hall–Kier alpha value is -0.890. The molecule has 0 atom stereocenters. The van der Waals surface area contributed by atoms with Crippen LogP contribution in [0.1, 0.15) is 64.9 Å². The molecule has 1 rings (SSSR count). The molecule has 0 aliphatic heterocycles. The van der Waals surface area contributed by atoms with E-state index in [2.05, 4.69) is 51.1 Å². The molecule has 1 nitrogen and oxygen atoms in total. The van der Waals surface area contributed by atoms with Crippen molar-refractivity contribution in [3.05, 3.63) is 35.9 Å². The van der Waals surface area contributed by atoms with Crippen molar-refractivity contribution in [3.63, 3.8) is 0 Å². The second-order valence-corrected chi connectivity index (χ2v) is 6.22. The van der Waals surface area contributed by atoms with Crippen LogP contribution in [0.25, 0.3) is 0 Å². The molecule has 0 saturated carbocycles. The van der Waals surface area contributed by atoms with Gasteiger partial charge in [0.25, 0.3) is 0 Å². The fourth-order valence-electron chi connectivity index (χ4n) is 3.02. The van der Waals surface area contributed by atoms with Crippen LogP contribution in [0.3, 0.4) is 0 Å². The highest BCUT2D eigenvalue weighted by Gasteiger charge is 2.25. The van der Waals surface area contributed by atoms with Gasteiger partial charge in [-0.3, -0.25) is 0 Å². The summed E-state index contributed by atoms with van der Waals surface area (Å²) in [7, 11) is 0. The molecule has 0 saturated heterocycles. The predicted molar refractivity (Wildman–Crippen MR) is 89.7 cm³/mol. The molecule has 0 aliphatic rings. The van der Waals surface area contributed by atoms with Crippen LogP contribution >= 0.6 is 0 Å². The van der Waals surface area contributed by atoms with E-state index in [1.54, 1.807) is 0 Å². The molecule has 0 radical (unpaired) electrons. The Morgan fingerprint density at radius 2 is 1.14 bits per heavy atom. The molecule has 1 aromatic carbocycles. The monoisotopic (exact) mass is 295 g/mol. The largest absolute Gasteiger partial charge is 1.00 e. The van der Waals surface area contributed by atoms with E-state index < -0.39 is 0 Å². The summed E-state index contributed by atoms with van der Waals surface area (Å²) in [5, 5.41) is 0. The molecule has 122 valence electrons. The molecule has 0 fully saturated rings. The number of nitrogens with zero attached hydrogens (tertiary/aromatic N) is 1. The van der Waals surface area contributed by atoms with Gasteiger partial charge in [-0.15, -0.1) is 0 Å². The lowest BCUT2D eigenvalue weighted by Crippen LogP contribution is -3.00. The standard InChI is InChI=1S/C19H34N.FH/c1-4-7-15-20(16-8-5-2,17-9-6-3)18-19-13-11-10-12-14-19;/h10-14H,4-9,15-18H2,1-3H3;1H/q+1;/p-1. The summed E-state index contributed by atoms with van der Waals surface area (Å²) >= 11 is 0. The van der Waals surface area contributed by atoms with Crippen LogP contribution in [0.4, 0.5) is 0 Å². The Balaban J connectivity index is 0.00000400. The van der Waals surface area contributed by atoms with Crippen LogP contribution in [-0.4, -0.2) is 24.1 Å². The molecule has 2 heteroatoms. The zero-order chi connectivity index (χ0) is 14.7. The predicted octanol–water partition coefficient (Wildman–Crippen LogP) is 2.41. The van der Waals surface area contributed by atoms with Crippen molar-refractivity contribution in [3.8, 4) is 0 Å². The highest BCUT2D eigenvalue weighted by molar-refractivity contribution is 5.13. The van der Waals surface area contributed by atoms with E-state index in [4.69, 9.17) is 0 Å². The minimum absolute atomic E-state index is 0. The average molecular weight is 295 g/mol. The van der Waals surface area contributed by atoms with E-state index in [0.717, 1.165) is 0 Å². The summed E-state index contributed by atoms with van der Waals surface area (Å²) in [5.41, 5.74) is 1.51. The van der Waals surface area contributed by atoms with E-state index in [9.17, 15) is 0 Å². The van der Waals surface area contributed by atoms with Gasteiger partial charge in [-0.25, -0.2) is 0 Å². The Kier molecular flexibility index (Phi) is 11.2. The minimum atomic E-state index is 0. The van der Waals surface area contributed by atoms with Gasteiger partial charge >= 0.3 is 0 Å². The lowest BCUT2D eigenvalue weighted by Gasteiger charge is -2.39. The Labute approximate surface area is 131 Å². The minimum Gasteiger partial charge on any atom is -1.00 e. The third kappa shape index (κ3) is 7.61. The van der Waals surface area contributed by atoms with E-state index in [1.807, 2.05) is 0 Å². The number of unbranched alkanes of at least 4 members (excludes halogenated alkanes) is 3. The fraction of sp³-hybridized carbons (Fsp3) is 0.684. The molecule has 0 spiro atoms. The lowest BCUT2D eigenvalue weighted by molar-refractivity contribution is -0.941. The van der Waals surface area contributed by atoms with Crippen molar-refractivity contribution in [1.29, 1.82) is 0 Å². The topological polar surface area (TPSA) is 0 Å². The first kappa shape index (κ1) is 20.1. The zero-order valence-electron chi connectivity index (χ0n) is 14.3. The highest BCUT2D eigenvalue weighted by atomic mass is 19.0. The van der Waals surface area contributed by atoms with Crippen molar-refractivity contribution in [2.75, 3.05) is 19.6 Å². The highest BCUT2D eigenvalue weighted by Crippen LogP contribution is 2.19. The van der Waals surface area contributed by atoms with Gasteiger partial charge < -0.3 is 9.19 Å². The number of halogens is 1. The molecule has 0 unspecified atom stereocenters. The summed E-state index contributed by atoms with van der Waals surface area (Å²) in [6, 6.07) is 11.1. The van der Waals surface area contributed by atoms with Crippen molar-refractivity contribution < 1.29 is 9.19 Å². The zero-order valence-corrected chi connectivity index (χ0v) is 14.3. The second-order valence-electron chi connectivity index (χ2n) is 6.22. The molecule has 21 heavy (non-hydrogen) atoms. The maximum Gasteiger partial charge on any atom is 0.104 e. The third-order valence-corrected chi connectivity index (χ3v) is 4.32. The first-order valence-corrected chi connectivity index (χ1v) is 8.65. The molecule has 0 amide bonds. The van der Waals surface area contributed by atoms with Gasteiger partial charge in [0.15, 0.2) is 0 Å². The van der Waals surface area contributed by atoms with Gasteiger partial charge in [-0.1, -0.05) is 70.4 Å². The van der Waals surface area contributed by atoms with Crippen LogP contribution in [0.15, 0.2) is 30.3 Å². The Morgan fingerprint density at radius 3 is 1.52 bits per heavy atom. The number of quaternary nitrogens is 1. The summed E-state index contributed by atoms with van der Waals surface area (Å²) in [6.45, 7) is 12.2. The van der Waals surface area contributed by atoms with Crippen molar-refractivity contribution in [2.24, 2.45) is 0 Å². The van der Waals surface area contributed by atoms with E-state index >= 15 is 0 Å². The van der Waals surface area contributed by atoms with Gasteiger partial charge in [0, 0.05) is 5.56 Å². The summed E-state index contributed by atoms with van der Waals surface area (Å²) in [6.07, 6.45) is 8.02. The maximum absolute atomic E-state index is 2.32. The Bertz CT molecular complexity index is 315. The van der Waals surface area contributed by atoms with Crippen LogP contribution in [0.2, 0.25) is 0 Å². The molecular weight excluding hydrogens is 261 g/mol. The molecule has 0 heterocycles. The van der Waals surface area contributed by atoms with Gasteiger partial charge in [-0.2, -0.15) is 0 Å². The smallest absolute Gasteiger partial charge is 0.104 e. The molecule has 0 aromatic heterocycles. The normalized spacial score (nSPS) is 11.2. The van der Waals surface area contributed by atoms with Crippen molar-refractivity contribution >= 4 is 0 Å². The maximum atomic E-state index is 2.32. The summed E-state index contributed by atoms with van der Waals surface area (Å²) in [5.74, 6) is 0. The van der Waals surface area contributed by atoms with E-state index in [0.29, 0.717) is 0 Å². The molecular formula is C19H34FN. The average Bonchev–Trinajstić information content (AvgIpc) is 2.49. The SMILES string of the molecule is CCCC[N+](CCCC)(CCCC)Cc1ccccc1.[F-]. The van der Waals surface area contributed by atoms with E-state index in [1.165, 1.54) is 74.8 Å². The molecule has 0 N–H and O–H groups in total. The molecule has 0 aliphatic carbocycles. The van der Waals surface area contributed by atoms with Crippen molar-refractivity contribution in [2.45, 2.75) is 65.8 Å². The number of rotatable bonds is 11. The Morgan fingerprint density at radius 1 is 0.714 bits per heavy atom. The number of hydrogen-bond acceptors (Lipinski definition) is 0. The number of benzene rings is 1. The quantitative estimate of drug-likeness (QED) is 0.550. The van der Waals surface area contributed by atoms with Gasteiger partial charge in [0.1, 0.15) is 6.54 Å². The third-order valence-electron chi connectivity index (χ3n) is 4.32. The number of hydrogen-bond donors (Lipinski definition) is 0. The van der Waals surface area contributed by atoms with E-state index in [-0.39, 0.29) is 4.70 Å². The molecule has 0 bridgehead atoms. The van der Waals surface area contributed by atoms with Gasteiger partial charge in [0.05, 0.1) is 19.6 Å². The molecule has 1 aromatic rings. The fourth-order valence-corrected chi connectivity index (χ4v) is 3.02. The second kappa shape index (κ2) is 11.7. The van der Waals surface area contributed by atoms with Crippen LogP contribution in [0.5, 0.6) is 0 Å². The lowest BCUT2D eigenvalue weighted by atomic mass is 10.1. The first-order chi connectivity index (χ1) is 9.76. The van der Waals surface area contributed by atoms with Crippen LogP contribution in [-0.2, 0) is 6.54 Å².